The number of furan rings is 1. The molecule has 0 saturated heterocycles. The molecule has 0 N–H and O–H groups in total. The number of nitriles is 1. The smallest absolute Gasteiger partial charge is 0.257 e. The van der Waals surface area contributed by atoms with Crippen LogP contribution < -0.4 is 0 Å². The van der Waals surface area contributed by atoms with Crippen LogP contribution >= 0.6 is 11.6 Å². The molecular formula is C15H12ClFN2O2. The molecule has 0 aliphatic carbocycles. The van der Waals surface area contributed by atoms with Crippen molar-refractivity contribution in [1.82, 2.24) is 4.90 Å². The molecule has 2 rings (SSSR count). The Balaban J connectivity index is 2.22. The van der Waals surface area contributed by atoms with E-state index in [0.29, 0.717) is 5.76 Å². The second-order valence-electron chi connectivity index (χ2n) is 4.34. The third kappa shape index (κ3) is 3.83. The molecule has 108 valence electrons. The van der Waals surface area contributed by atoms with Crippen molar-refractivity contribution in [3.63, 3.8) is 0 Å². The monoisotopic (exact) mass is 306 g/mol. The van der Waals surface area contributed by atoms with Crippen LogP contribution in [0.4, 0.5) is 4.39 Å². The molecule has 1 heterocycles. The Bertz CT molecular complexity index is 665. The number of rotatable bonds is 5. The minimum atomic E-state index is -0.686. The van der Waals surface area contributed by atoms with E-state index >= 15 is 0 Å². The van der Waals surface area contributed by atoms with Crippen LogP contribution in [0.25, 0.3) is 0 Å². The molecule has 0 bridgehead atoms. The predicted octanol–water partition coefficient (Wildman–Crippen LogP) is 3.63. The molecule has 1 aromatic carbocycles. The molecule has 0 radical (unpaired) electrons. The van der Waals surface area contributed by atoms with E-state index in [0.717, 1.165) is 6.07 Å². The number of nitrogens with zero attached hydrogens (tertiary/aromatic N) is 2. The highest BCUT2D eigenvalue weighted by Crippen LogP contribution is 2.18. The number of hydrogen-bond acceptors (Lipinski definition) is 3. The first-order valence-corrected chi connectivity index (χ1v) is 6.63. The zero-order valence-electron chi connectivity index (χ0n) is 11.1. The van der Waals surface area contributed by atoms with Gasteiger partial charge in [-0.15, -0.1) is 0 Å². The van der Waals surface area contributed by atoms with Crippen molar-refractivity contribution in [2.24, 2.45) is 0 Å². The Hall–Kier alpha value is -2.32. The van der Waals surface area contributed by atoms with E-state index < -0.39 is 11.7 Å². The lowest BCUT2D eigenvalue weighted by atomic mass is 10.1. The van der Waals surface area contributed by atoms with Crippen molar-refractivity contribution < 1.29 is 13.6 Å². The average Bonchev–Trinajstić information content (AvgIpc) is 2.95. The topological polar surface area (TPSA) is 57.2 Å². The van der Waals surface area contributed by atoms with Gasteiger partial charge in [-0.2, -0.15) is 5.26 Å². The van der Waals surface area contributed by atoms with Crippen LogP contribution in [0, 0.1) is 17.1 Å². The van der Waals surface area contributed by atoms with Crippen LogP contribution in [0.3, 0.4) is 0 Å². The summed E-state index contributed by atoms with van der Waals surface area (Å²) >= 11 is 5.68. The SMILES string of the molecule is N#CCCN(Cc1ccco1)C(=O)c1ccc(Cl)cc1F. The second kappa shape index (κ2) is 6.91. The van der Waals surface area contributed by atoms with Gasteiger partial charge in [0.2, 0.25) is 0 Å². The first-order valence-electron chi connectivity index (χ1n) is 6.25. The van der Waals surface area contributed by atoms with E-state index in [-0.39, 0.29) is 30.1 Å². The van der Waals surface area contributed by atoms with Crippen molar-refractivity contribution in [3.8, 4) is 6.07 Å². The summed E-state index contributed by atoms with van der Waals surface area (Å²) in [5.41, 5.74) is -0.0797. The van der Waals surface area contributed by atoms with Gasteiger partial charge in [-0.3, -0.25) is 4.79 Å². The summed E-state index contributed by atoms with van der Waals surface area (Å²) in [5, 5.41) is 8.90. The maximum atomic E-state index is 13.8. The third-order valence-electron chi connectivity index (χ3n) is 2.87. The van der Waals surface area contributed by atoms with E-state index in [1.807, 2.05) is 6.07 Å². The normalized spacial score (nSPS) is 10.1. The summed E-state index contributed by atoms with van der Waals surface area (Å²) in [6.07, 6.45) is 1.65. The molecule has 21 heavy (non-hydrogen) atoms. The zero-order chi connectivity index (χ0) is 15.2. The summed E-state index contributed by atoms with van der Waals surface area (Å²) in [7, 11) is 0. The summed E-state index contributed by atoms with van der Waals surface area (Å²) in [4.78, 5) is 13.8. The maximum absolute atomic E-state index is 13.8. The summed E-state index contributed by atoms with van der Waals surface area (Å²) in [6.45, 7) is 0.369. The summed E-state index contributed by atoms with van der Waals surface area (Å²) in [6, 6.07) is 9.26. The third-order valence-corrected chi connectivity index (χ3v) is 3.10. The molecule has 0 atom stereocenters. The highest BCUT2D eigenvalue weighted by atomic mass is 35.5. The van der Waals surface area contributed by atoms with Gasteiger partial charge in [0.05, 0.1) is 30.9 Å². The minimum absolute atomic E-state index is 0.0797. The molecule has 0 aliphatic heterocycles. The van der Waals surface area contributed by atoms with E-state index in [2.05, 4.69) is 0 Å². The Morgan fingerprint density at radius 3 is 2.86 bits per heavy atom. The van der Waals surface area contributed by atoms with Crippen LogP contribution in [0.15, 0.2) is 41.0 Å². The average molecular weight is 307 g/mol. The van der Waals surface area contributed by atoms with E-state index in [1.54, 1.807) is 12.1 Å². The van der Waals surface area contributed by atoms with Crippen molar-refractivity contribution >= 4 is 17.5 Å². The molecular weight excluding hydrogens is 295 g/mol. The Morgan fingerprint density at radius 2 is 2.24 bits per heavy atom. The number of carbonyl (C=O) groups is 1. The number of benzene rings is 1. The van der Waals surface area contributed by atoms with Gasteiger partial charge < -0.3 is 9.32 Å². The van der Waals surface area contributed by atoms with Crippen molar-refractivity contribution in [3.05, 3.63) is 58.8 Å². The Labute approximate surface area is 126 Å². The van der Waals surface area contributed by atoms with Crippen molar-refractivity contribution in [2.45, 2.75) is 13.0 Å². The summed E-state index contributed by atoms with van der Waals surface area (Å²) < 4.78 is 19.0. The first kappa shape index (κ1) is 15.1. The fraction of sp³-hybridized carbons (Fsp3) is 0.200. The van der Waals surface area contributed by atoms with Gasteiger partial charge in [0, 0.05) is 11.6 Å². The van der Waals surface area contributed by atoms with Crippen LogP contribution in [0.2, 0.25) is 5.02 Å². The lowest BCUT2D eigenvalue weighted by molar-refractivity contribution is 0.0730. The fourth-order valence-corrected chi connectivity index (χ4v) is 2.02. The molecule has 0 aliphatic rings. The van der Waals surface area contributed by atoms with Crippen LogP contribution in [0.1, 0.15) is 22.5 Å². The Kier molecular flexibility index (Phi) is 4.96. The molecule has 1 amide bonds. The fourth-order valence-electron chi connectivity index (χ4n) is 1.86. The zero-order valence-corrected chi connectivity index (χ0v) is 11.8. The molecule has 0 spiro atoms. The molecule has 0 fully saturated rings. The number of carbonyl (C=O) groups excluding carboxylic acids is 1. The molecule has 0 saturated carbocycles. The van der Waals surface area contributed by atoms with Gasteiger partial charge in [-0.1, -0.05) is 11.6 Å². The van der Waals surface area contributed by atoms with Gasteiger partial charge >= 0.3 is 0 Å². The Morgan fingerprint density at radius 1 is 1.43 bits per heavy atom. The van der Waals surface area contributed by atoms with E-state index in [1.165, 1.54) is 23.3 Å². The van der Waals surface area contributed by atoms with Gasteiger partial charge in [-0.25, -0.2) is 4.39 Å². The largest absolute Gasteiger partial charge is 0.467 e. The standard InChI is InChI=1S/C15H12ClFN2O2/c16-11-4-5-13(14(17)9-11)15(20)19(7-2-6-18)10-12-3-1-8-21-12/h1,3-5,8-9H,2,7,10H2. The predicted molar refractivity (Wildman–Crippen MR) is 75.1 cm³/mol. The van der Waals surface area contributed by atoms with Crippen molar-refractivity contribution in [2.75, 3.05) is 6.54 Å². The van der Waals surface area contributed by atoms with E-state index in [4.69, 9.17) is 21.3 Å². The lowest BCUT2D eigenvalue weighted by Gasteiger charge is -2.20. The maximum Gasteiger partial charge on any atom is 0.257 e. The summed E-state index contributed by atoms with van der Waals surface area (Å²) in [5.74, 6) is -0.625. The number of hydrogen-bond donors (Lipinski definition) is 0. The lowest BCUT2D eigenvalue weighted by Crippen LogP contribution is -2.32. The molecule has 2 aromatic rings. The highest BCUT2D eigenvalue weighted by molar-refractivity contribution is 6.30. The van der Waals surface area contributed by atoms with Crippen LogP contribution in [-0.4, -0.2) is 17.4 Å². The van der Waals surface area contributed by atoms with Gasteiger partial charge in [0.15, 0.2) is 0 Å². The molecule has 6 heteroatoms. The minimum Gasteiger partial charge on any atom is -0.467 e. The van der Waals surface area contributed by atoms with Gasteiger partial charge in [0.25, 0.3) is 5.91 Å². The quantitative estimate of drug-likeness (QED) is 0.847. The number of amides is 1. The van der Waals surface area contributed by atoms with Crippen LogP contribution in [0.5, 0.6) is 0 Å². The number of halogens is 2. The first-order chi connectivity index (χ1) is 10.1. The van der Waals surface area contributed by atoms with E-state index in [9.17, 15) is 9.18 Å². The molecule has 1 aromatic heterocycles. The van der Waals surface area contributed by atoms with Crippen LogP contribution in [-0.2, 0) is 6.54 Å². The molecule has 4 nitrogen and oxygen atoms in total. The molecule has 0 unspecified atom stereocenters. The second-order valence-corrected chi connectivity index (χ2v) is 4.77. The highest BCUT2D eigenvalue weighted by Gasteiger charge is 2.20. The van der Waals surface area contributed by atoms with Gasteiger partial charge in [0.1, 0.15) is 11.6 Å². The van der Waals surface area contributed by atoms with Crippen molar-refractivity contribution in [1.29, 1.82) is 5.26 Å². The van der Waals surface area contributed by atoms with Gasteiger partial charge in [-0.05, 0) is 30.3 Å².